The van der Waals surface area contributed by atoms with Crippen molar-refractivity contribution in [1.82, 2.24) is 9.88 Å². The van der Waals surface area contributed by atoms with Crippen LogP contribution in [0.15, 0.2) is 54.9 Å². The molecule has 0 N–H and O–H groups in total. The van der Waals surface area contributed by atoms with Crippen LogP contribution in [0.1, 0.15) is 36.9 Å². The normalized spacial score (nSPS) is 11.9. The average Bonchev–Trinajstić information content (AvgIpc) is 2.61. The van der Waals surface area contributed by atoms with Crippen LogP contribution < -0.4 is 0 Å². The summed E-state index contributed by atoms with van der Waals surface area (Å²) in [7, 11) is 1.85. The summed E-state index contributed by atoms with van der Waals surface area (Å²) in [6.45, 7) is 3.22. The molecule has 1 amide bonds. The van der Waals surface area contributed by atoms with Gasteiger partial charge in [-0.1, -0.05) is 30.3 Å². The predicted molar refractivity (Wildman–Crippen MR) is 90.8 cm³/mol. The second-order valence-electron chi connectivity index (χ2n) is 5.60. The molecule has 1 aromatic carbocycles. The summed E-state index contributed by atoms with van der Waals surface area (Å²) < 4.78 is 5.62. The number of hydrogen-bond acceptors (Lipinski definition) is 3. The van der Waals surface area contributed by atoms with Gasteiger partial charge in [0, 0.05) is 32.5 Å². The minimum atomic E-state index is 0.0516. The van der Waals surface area contributed by atoms with Gasteiger partial charge in [0.25, 0.3) is 0 Å². The van der Waals surface area contributed by atoms with Crippen LogP contribution >= 0.6 is 0 Å². The molecule has 1 aromatic heterocycles. The molecule has 1 heterocycles. The fourth-order valence-corrected chi connectivity index (χ4v) is 2.35. The van der Waals surface area contributed by atoms with Crippen LogP contribution in [0.2, 0.25) is 0 Å². The summed E-state index contributed by atoms with van der Waals surface area (Å²) in [6.07, 6.45) is 4.74. The molecule has 1 atom stereocenters. The van der Waals surface area contributed by atoms with E-state index in [-0.39, 0.29) is 11.9 Å². The second-order valence-corrected chi connectivity index (χ2v) is 5.60. The first-order valence-corrected chi connectivity index (χ1v) is 7.95. The Morgan fingerprint density at radius 2 is 1.87 bits per heavy atom. The van der Waals surface area contributed by atoms with E-state index < -0.39 is 0 Å². The van der Waals surface area contributed by atoms with E-state index in [1.165, 1.54) is 0 Å². The molecule has 0 aliphatic carbocycles. The van der Waals surface area contributed by atoms with Crippen LogP contribution in [-0.2, 0) is 16.1 Å². The van der Waals surface area contributed by atoms with Crippen LogP contribution in [0, 0.1) is 0 Å². The van der Waals surface area contributed by atoms with Crippen LogP contribution in [0.4, 0.5) is 0 Å². The molecule has 0 aliphatic heterocycles. The van der Waals surface area contributed by atoms with E-state index in [9.17, 15) is 4.79 Å². The number of carbonyl (C=O) groups excluding carboxylic acids is 1. The number of rotatable bonds is 8. The number of ether oxygens (including phenoxy) is 1. The van der Waals surface area contributed by atoms with E-state index in [4.69, 9.17) is 4.74 Å². The Balaban J connectivity index is 1.68. The molecule has 0 aliphatic rings. The Kier molecular flexibility index (Phi) is 6.76. The van der Waals surface area contributed by atoms with E-state index in [0.29, 0.717) is 19.6 Å². The largest absolute Gasteiger partial charge is 0.377 e. The second kappa shape index (κ2) is 9.06. The molecule has 0 bridgehead atoms. The Morgan fingerprint density at radius 1 is 1.17 bits per heavy atom. The molecule has 122 valence electrons. The van der Waals surface area contributed by atoms with Crippen molar-refractivity contribution in [2.75, 3.05) is 13.7 Å². The van der Waals surface area contributed by atoms with Gasteiger partial charge in [-0.15, -0.1) is 0 Å². The quantitative estimate of drug-likeness (QED) is 0.699. The summed E-state index contributed by atoms with van der Waals surface area (Å²) in [5, 5.41) is 0. The van der Waals surface area contributed by atoms with E-state index in [1.54, 1.807) is 17.3 Å². The van der Waals surface area contributed by atoms with Gasteiger partial charge in [-0.2, -0.15) is 0 Å². The van der Waals surface area contributed by atoms with E-state index in [2.05, 4.69) is 4.98 Å². The maximum Gasteiger partial charge on any atom is 0.222 e. The van der Waals surface area contributed by atoms with Crippen molar-refractivity contribution in [2.45, 2.75) is 32.4 Å². The molecule has 2 aromatic rings. The average molecular weight is 312 g/mol. The third kappa shape index (κ3) is 5.49. The third-order valence-electron chi connectivity index (χ3n) is 3.95. The number of hydrogen-bond donors (Lipinski definition) is 0. The first kappa shape index (κ1) is 17.2. The molecule has 4 nitrogen and oxygen atoms in total. The maximum atomic E-state index is 12.2. The van der Waals surface area contributed by atoms with E-state index in [0.717, 1.165) is 17.5 Å². The Morgan fingerprint density at radius 3 is 2.57 bits per heavy atom. The van der Waals surface area contributed by atoms with Gasteiger partial charge in [0.05, 0.1) is 12.6 Å². The van der Waals surface area contributed by atoms with Gasteiger partial charge in [0.2, 0.25) is 5.91 Å². The van der Waals surface area contributed by atoms with Crippen LogP contribution in [0.3, 0.4) is 0 Å². The number of nitrogens with zero attached hydrogens (tertiary/aromatic N) is 2. The first-order chi connectivity index (χ1) is 11.2. The molecule has 0 saturated carbocycles. The zero-order chi connectivity index (χ0) is 16.5. The summed E-state index contributed by atoms with van der Waals surface area (Å²) in [4.78, 5) is 18.0. The highest BCUT2D eigenvalue weighted by molar-refractivity contribution is 5.76. The molecular formula is C19H24N2O2. The molecule has 0 saturated heterocycles. The maximum absolute atomic E-state index is 12.2. The standard InChI is InChI=1S/C19H24N2O2/c1-16(18-10-12-20-13-11-18)21(2)19(22)9-6-14-23-15-17-7-4-3-5-8-17/h3-5,7-8,10-13,16H,6,9,14-15H2,1-2H3/t16-/m1/s1. The van der Waals surface area contributed by atoms with E-state index >= 15 is 0 Å². The molecule has 23 heavy (non-hydrogen) atoms. The molecule has 4 heteroatoms. The molecule has 0 unspecified atom stereocenters. The van der Waals surface area contributed by atoms with Crippen molar-refractivity contribution in [3.05, 3.63) is 66.0 Å². The minimum Gasteiger partial charge on any atom is -0.377 e. The molecule has 2 rings (SSSR count). The third-order valence-corrected chi connectivity index (χ3v) is 3.95. The fourth-order valence-electron chi connectivity index (χ4n) is 2.35. The van der Waals surface area contributed by atoms with Crippen molar-refractivity contribution < 1.29 is 9.53 Å². The number of aromatic nitrogens is 1. The monoisotopic (exact) mass is 312 g/mol. The molecule has 0 spiro atoms. The lowest BCUT2D eigenvalue weighted by atomic mass is 10.1. The number of pyridine rings is 1. The van der Waals surface area contributed by atoms with Crippen molar-refractivity contribution in [3.63, 3.8) is 0 Å². The summed E-state index contributed by atoms with van der Waals surface area (Å²) in [5.74, 6) is 0.137. The number of benzene rings is 1. The van der Waals surface area contributed by atoms with Crippen molar-refractivity contribution in [3.8, 4) is 0 Å². The molecule has 0 fully saturated rings. The van der Waals surface area contributed by atoms with Crippen LogP contribution in [-0.4, -0.2) is 29.4 Å². The van der Waals surface area contributed by atoms with Gasteiger partial charge in [-0.25, -0.2) is 0 Å². The van der Waals surface area contributed by atoms with Gasteiger partial charge >= 0.3 is 0 Å². The summed E-state index contributed by atoms with van der Waals surface area (Å²) >= 11 is 0. The molecular weight excluding hydrogens is 288 g/mol. The lowest BCUT2D eigenvalue weighted by molar-refractivity contribution is -0.132. The Bertz CT molecular complexity index is 587. The molecule has 0 radical (unpaired) electrons. The first-order valence-electron chi connectivity index (χ1n) is 7.95. The number of amides is 1. The minimum absolute atomic E-state index is 0.0516. The van der Waals surface area contributed by atoms with Gasteiger partial charge in [0.1, 0.15) is 0 Å². The lowest BCUT2D eigenvalue weighted by Gasteiger charge is -2.25. The van der Waals surface area contributed by atoms with Gasteiger partial charge in [-0.05, 0) is 36.6 Å². The predicted octanol–water partition coefficient (Wildman–Crippen LogP) is 3.60. The summed E-state index contributed by atoms with van der Waals surface area (Å²) in [6, 6.07) is 14.0. The topological polar surface area (TPSA) is 42.4 Å². The SMILES string of the molecule is C[C@H](c1ccncc1)N(C)C(=O)CCCOCc1ccccc1. The highest BCUT2D eigenvalue weighted by Gasteiger charge is 2.16. The van der Waals surface area contributed by atoms with Gasteiger partial charge in [-0.3, -0.25) is 9.78 Å². The highest BCUT2D eigenvalue weighted by atomic mass is 16.5. The lowest BCUT2D eigenvalue weighted by Crippen LogP contribution is -2.29. The van der Waals surface area contributed by atoms with Crippen molar-refractivity contribution in [1.29, 1.82) is 0 Å². The Labute approximate surface area is 138 Å². The van der Waals surface area contributed by atoms with Crippen LogP contribution in [0.5, 0.6) is 0 Å². The number of carbonyl (C=O) groups is 1. The van der Waals surface area contributed by atoms with Gasteiger partial charge in [0.15, 0.2) is 0 Å². The van der Waals surface area contributed by atoms with Gasteiger partial charge < -0.3 is 9.64 Å². The van der Waals surface area contributed by atoms with E-state index in [1.807, 2.05) is 56.4 Å². The smallest absolute Gasteiger partial charge is 0.222 e. The van der Waals surface area contributed by atoms with Crippen LogP contribution in [0.25, 0.3) is 0 Å². The highest BCUT2D eigenvalue weighted by Crippen LogP contribution is 2.18. The fraction of sp³-hybridized carbons (Fsp3) is 0.368. The zero-order valence-electron chi connectivity index (χ0n) is 13.8. The Hall–Kier alpha value is -2.20. The zero-order valence-corrected chi connectivity index (χ0v) is 13.8. The van der Waals surface area contributed by atoms with Crippen molar-refractivity contribution >= 4 is 5.91 Å². The van der Waals surface area contributed by atoms with Crippen molar-refractivity contribution in [2.24, 2.45) is 0 Å². The summed E-state index contributed by atoms with van der Waals surface area (Å²) in [5.41, 5.74) is 2.25.